The smallest absolute Gasteiger partial charge is 0.206 e. The largest absolute Gasteiger partial charge is 0.412 e. The number of hydrogen-bond acceptors (Lipinski definition) is 1. The predicted molar refractivity (Wildman–Crippen MR) is 88.0 cm³/mol. The van der Waals surface area contributed by atoms with Crippen LogP contribution in [0.25, 0.3) is 0 Å². The van der Waals surface area contributed by atoms with Crippen LogP contribution in [-0.4, -0.2) is 14.4 Å². The van der Waals surface area contributed by atoms with Crippen molar-refractivity contribution < 1.29 is 4.43 Å². The van der Waals surface area contributed by atoms with E-state index in [0.717, 1.165) is 0 Å². The standard InChI is InChI=1S/C17H34OSi/c1-11-12(2)15-13(3)14(4)19(18-15,16(5,6)7)17(8,9)10/h11-15H,1H2,2-10H3/t12-,13-,14-,15+/m1/s1. The lowest BCUT2D eigenvalue weighted by Gasteiger charge is -2.51. The van der Waals surface area contributed by atoms with Gasteiger partial charge in [-0.3, -0.25) is 0 Å². The van der Waals surface area contributed by atoms with Crippen LogP contribution in [0.1, 0.15) is 62.3 Å². The molecule has 0 amide bonds. The Labute approximate surface area is 122 Å². The van der Waals surface area contributed by atoms with Gasteiger partial charge < -0.3 is 4.43 Å². The normalized spacial score (nSPS) is 33.2. The third-order valence-corrected chi connectivity index (χ3v) is 12.3. The number of hydrogen-bond donors (Lipinski definition) is 0. The first-order valence-corrected chi connectivity index (χ1v) is 9.69. The van der Waals surface area contributed by atoms with Crippen LogP contribution in [0, 0.1) is 11.8 Å². The van der Waals surface area contributed by atoms with Gasteiger partial charge in [0.1, 0.15) is 0 Å². The van der Waals surface area contributed by atoms with E-state index in [-0.39, 0.29) is 10.1 Å². The molecule has 0 aromatic heterocycles. The molecular weight excluding hydrogens is 248 g/mol. The molecule has 0 saturated carbocycles. The summed E-state index contributed by atoms with van der Waals surface area (Å²) < 4.78 is 6.92. The van der Waals surface area contributed by atoms with Gasteiger partial charge >= 0.3 is 0 Å². The van der Waals surface area contributed by atoms with Crippen LogP contribution in [0.2, 0.25) is 15.6 Å². The van der Waals surface area contributed by atoms with Gasteiger partial charge in [0.15, 0.2) is 0 Å². The van der Waals surface area contributed by atoms with Gasteiger partial charge in [-0.25, -0.2) is 0 Å². The minimum atomic E-state index is -1.89. The zero-order valence-electron chi connectivity index (χ0n) is 14.5. The lowest BCUT2D eigenvalue weighted by Crippen LogP contribution is -2.55. The predicted octanol–water partition coefficient (Wildman–Crippen LogP) is 5.78. The molecule has 1 heterocycles. The van der Waals surface area contributed by atoms with Gasteiger partial charge in [0, 0.05) is 0 Å². The van der Waals surface area contributed by atoms with Crippen LogP contribution in [0.5, 0.6) is 0 Å². The Balaban J connectivity index is 3.32. The maximum Gasteiger partial charge on any atom is 0.206 e. The summed E-state index contributed by atoms with van der Waals surface area (Å²) in [5, 5.41) is 0.517. The van der Waals surface area contributed by atoms with Gasteiger partial charge in [-0.2, -0.15) is 0 Å². The van der Waals surface area contributed by atoms with Crippen LogP contribution in [0.15, 0.2) is 12.7 Å². The van der Waals surface area contributed by atoms with Crippen LogP contribution in [0.3, 0.4) is 0 Å². The first kappa shape index (κ1) is 17.0. The molecule has 1 aliphatic rings. The van der Waals surface area contributed by atoms with E-state index in [1.54, 1.807) is 0 Å². The fourth-order valence-corrected chi connectivity index (χ4v) is 12.3. The Morgan fingerprint density at radius 2 is 1.47 bits per heavy atom. The summed E-state index contributed by atoms with van der Waals surface area (Å²) in [7, 11) is -1.89. The SMILES string of the molecule is C=C[C@@H](C)[C@@H]1O[Si](C(C)(C)C)(C(C)(C)C)[C@H](C)[C@H]1C. The summed E-state index contributed by atoms with van der Waals surface area (Å²) in [5.74, 6) is 1.06. The highest BCUT2D eigenvalue weighted by Gasteiger charge is 2.65. The first-order valence-electron chi connectivity index (χ1n) is 7.70. The summed E-state index contributed by atoms with van der Waals surface area (Å²) in [6.07, 6.45) is 2.40. The second-order valence-corrected chi connectivity index (χ2v) is 14.2. The van der Waals surface area contributed by atoms with Crippen molar-refractivity contribution >= 4 is 8.32 Å². The van der Waals surface area contributed by atoms with Crippen LogP contribution in [0.4, 0.5) is 0 Å². The molecule has 0 N–H and O–H groups in total. The molecule has 2 heteroatoms. The van der Waals surface area contributed by atoms with E-state index < -0.39 is 8.32 Å². The van der Waals surface area contributed by atoms with Crippen LogP contribution >= 0.6 is 0 Å². The zero-order valence-corrected chi connectivity index (χ0v) is 15.5. The van der Waals surface area contributed by atoms with E-state index >= 15 is 0 Å². The molecule has 112 valence electrons. The van der Waals surface area contributed by atoms with Gasteiger partial charge in [-0.05, 0) is 27.5 Å². The first-order chi connectivity index (χ1) is 8.40. The molecule has 0 spiro atoms. The van der Waals surface area contributed by atoms with E-state index in [1.165, 1.54) is 0 Å². The third-order valence-electron chi connectivity index (χ3n) is 5.39. The third kappa shape index (κ3) is 2.46. The second kappa shape index (κ2) is 5.03. The molecule has 0 aromatic rings. The Morgan fingerprint density at radius 3 is 1.74 bits per heavy atom. The van der Waals surface area contributed by atoms with Crippen molar-refractivity contribution in [1.82, 2.24) is 0 Å². The van der Waals surface area contributed by atoms with Crippen molar-refractivity contribution in [3.8, 4) is 0 Å². The minimum Gasteiger partial charge on any atom is -0.412 e. The molecule has 4 atom stereocenters. The molecular formula is C17H34OSi. The maximum atomic E-state index is 6.92. The molecule has 1 fully saturated rings. The maximum absolute atomic E-state index is 6.92. The van der Waals surface area contributed by atoms with Gasteiger partial charge in [0.2, 0.25) is 8.32 Å². The molecule has 1 nitrogen and oxygen atoms in total. The highest BCUT2D eigenvalue weighted by Crippen LogP contribution is 2.64. The van der Waals surface area contributed by atoms with E-state index in [4.69, 9.17) is 4.43 Å². The highest BCUT2D eigenvalue weighted by atomic mass is 28.4. The summed E-state index contributed by atoms with van der Waals surface area (Å²) >= 11 is 0. The topological polar surface area (TPSA) is 9.23 Å². The van der Waals surface area contributed by atoms with Crippen molar-refractivity contribution in [2.75, 3.05) is 0 Å². The van der Waals surface area contributed by atoms with Crippen molar-refractivity contribution in [3.05, 3.63) is 12.7 Å². The fourth-order valence-electron chi connectivity index (χ4n) is 4.65. The van der Waals surface area contributed by atoms with E-state index in [1.807, 2.05) is 0 Å². The molecule has 19 heavy (non-hydrogen) atoms. The fraction of sp³-hybridized carbons (Fsp3) is 0.882. The van der Waals surface area contributed by atoms with E-state index in [9.17, 15) is 0 Å². The second-order valence-electron chi connectivity index (χ2n) is 8.56. The average Bonchev–Trinajstić information content (AvgIpc) is 2.51. The molecule has 0 aliphatic carbocycles. The van der Waals surface area contributed by atoms with Crippen LogP contribution in [-0.2, 0) is 4.43 Å². The Kier molecular flexibility index (Phi) is 4.50. The quantitative estimate of drug-likeness (QED) is 0.461. The number of rotatable bonds is 2. The Bertz CT molecular complexity index is 320. The lowest BCUT2D eigenvalue weighted by molar-refractivity contribution is 0.130. The molecule has 0 radical (unpaired) electrons. The van der Waals surface area contributed by atoms with Crippen molar-refractivity contribution in [3.63, 3.8) is 0 Å². The van der Waals surface area contributed by atoms with E-state index in [0.29, 0.717) is 23.5 Å². The molecule has 1 saturated heterocycles. The zero-order chi connectivity index (χ0) is 15.2. The van der Waals surface area contributed by atoms with Crippen LogP contribution < -0.4 is 0 Å². The van der Waals surface area contributed by atoms with Crippen molar-refractivity contribution in [1.29, 1.82) is 0 Å². The summed E-state index contributed by atoms with van der Waals surface area (Å²) in [6.45, 7) is 25.3. The highest BCUT2D eigenvalue weighted by molar-refractivity contribution is 6.81. The van der Waals surface area contributed by atoms with Crippen molar-refractivity contribution in [2.45, 2.75) is 84.0 Å². The average molecular weight is 283 g/mol. The molecule has 0 bridgehead atoms. The lowest BCUT2D eigenvalue weighted by atomic mass is 9.91. The molecule has 1 aliphatic heterocycles. The molecule has 0 aromatic carbocycles. The van der Waals surface area contributed by atoms with Gasteiger partial charge in [-0.15, -0.1) is 6.58 Å². The Hall–Kier alpha value is -0.0831. The summed E-state index contributed by atoms with van der Waals surface area (Å²) in [5.41, 5.74) is 0.680. The summed E-state index contributed by atoms with van der Waals surface area (Å²) in [4.78, 5) is 0. The van der Waals surface area contributed by atoms with Gasteiger partial charge in [0.25, 0.3) is 0 Å². The minimum absolute atomic E-state index is 0.258. The Morgan fingerprint density at radius 1 is 1.05 bits per heavy atom. The molecule has 1 rings (SSSR count). The summed E-state index contributed by atoms with van der Waals surface area (Å²) in [6, 6.07) is 0. The van der Waals surface area contributed by atoms with E-state index in [2.05, 4.69) is 75.0 Å². The van der Waals surface area contributed by atoms with Crippen molar-refractivity contribution in [2.24, 2.45) is 11.8 Å². The van der Waals surface area contributed by atoms with Gasteiger partial charge in [0.05, 0.1) is 6.10 Å². The monoisotopic (exact) mass is 282 g/mol. The molecule has 0 unspecified atom stereocenters. The van der Waals surface area contributed by atoms with Gasteiger partial charge in [-0.1, -0.05) is 68.4 Å².